The van der Waals surface area contributed by atoms with E-state index in [9.17, 15) is 0 Å². The fraction of sp³-hybridized carbons (Fsp3) is 0.857. The molecule has 0 aromatic heterocycles. The zero-order valence-corrected chi connectivity index (χ0v) is 6.42. The number of nitrogens with zero attached hydrogens (tertiary/aromatic N) is 1. The van der Waals surface area contributed by atoms with Crippen LogP contribution in [0, 0.1) is 0 Å². The van der Waals surface area contributed by atoms with Gasteiger partial charge in [0.05, 0.1) is 6.61 Å². The molecule has 10 heavy (non-hydrogen) atoms. The van der Waals surface area contributed by atoms with E-state index < -0.39 is 0 Å². The first-order chi connectivity index (χ1) is 4.70. The van der Waals surface area contributed by atoms with Gasteiger partial charge in [0.1, 0.15) is 12.1 Å². The van der Waals surface area contributed by atoms with Gasteiger partial charge in [-0.15, -0.1) is 0 Å². The lowest BCUT2D eigenvalue weighted by Crippen LogP contribution is -2.28. The molecule has 0 saturated heterocycles. The van der Waals surface area contributed by atoms with Crippen LogP contribution in [0.4, 0.5) is 0 Å². The molecule has 0 aliphatic carbocycles. The second-order valence-electron chi connectivity index (χ2n) is 2.80. The largest absolute Gasteiger partial charge is 0.478 e. The molecule has 58 valence electrons. The van der Waals surface area contributed by atoms with E-state index in [2.05, 4.69) is 4.99 Å². The molecule has 1 atom stereocenters. The summed E-state index contributed by atoms with van der Waals surface area (Å²) in [5, 5.41) is 8.85. The standard InChI is InChI=1S/C7H13NO2/c1-3-6-8-7(2,4-9)5-10-6/h9H,3-5H2,1-2H3. The highest BCUT2D eigenvalue weighted by atomic mass is 16.5. The molecule has 1 aliphatic heterocycles. The SMILES string of the molecule is CCC1=NC(C)(CO)CO1. The minimum absolute atomic E-state index is 0.0660. The Labute approximate surface area is 60.7 Å². The fourth-order valence-electron chi connectivity index (χ4n) is 0.867. The van der Waals surface area contributed by atoms with Gasteiger partial charge in [-0.3, -0.25) is 0 Å². The molecule has 0 bridgehead atoms. The Morgan fingerprint density at radius 1 is 1.80 bits per heavy atom. The van der Waals surface area contributed by atoms with E-state index in [4.69, 9.17) is 9.84 Å². The second kappa shape index (κ2) is 2.58. The lowest BCUT2D eigenvalue weighted by Gasteiger charge is -2.12. The van der Waals surface area contributed by atoms with Crippen LogP contribution in [0.25, 0.3) is 0 Å². The highest BCUT2D eigenvalue weighted by Crippen LogP contribution is 2.17. The number of ether oxygens (including phenoxy) is 1. The van der Waals surface area contributed by atoms with Crippen molar-refractivity contribution in [2.75, 3.05) is 13.2 Å². The number of aliphatic hydroxyl groups is 1. The van der Waals surface area contributed by atoms with Crippen LogP contribution < -0.4 is 0 Å². The Morgan fingerprint density at radius 3 is 2.80 bits per heavy atom. The fourth-order valence-corrected chi connectivity index (χ4v) is 0.867. The average molecular weight is 143 g/mol. The van der Waals surface area contributed by atoms with Gasteiger partial charge in [0.15, 0.2) is 5.90 Å². The first-order valence-electron chi connectivity index (χ1n) is 3.52. The molecule has 1 N–H and O–H groups in total. The third kappa shape index (κ3) is 1.29. The van der Waals surface area contributed by atoms with Crippen molar-refractivity contribution in [1.82, 2.24) is 0 Å². The Hall–Kier alpha value is -0.570. The van der Waals surface area contributed by atoms with Gasteiger partial charge < -0.3 is 9.84 Å². The molecule has 0 aromatic rings. The molecule has 1 aliphatic rings. The molecule has 0 amide bonds. The van der Waals surface area contributed by atoms with Crippen molar-refractivity contribution >= 4 is 5.90 Å². The number of rotatable bonds is 2. The smallest absolute Gasteiger partial charge is 0.183 e. The van der Waals surface area contributed by atoms with Gasteiger partial charge in [-0.1, -0.05) is 6.92 Å². The van der Waals surface area contributed by atoms with Crippen LogP contribution in [0.1, 0.15) is 20.3 Å². The summed E-state index contributed by atoms with van der Waals surface area (Å²) in [5.41, 5.74) is -0.370. The minimum atomic E-state index is -0.370. The van der Waals surface area contributed by atoms with Gasteiger partial charge in [-0.05, 0) is 6.92 Å². The van der Waals surface area contributed by atoms with Crippen molar-refractivity contribution in [3.05, 3.63) is 0 Å². The van der Waals surface area contributed by atoms with E-state index in [1.165, 1.54) is 0 Å². The van der Waals surface area contributed by atoms with Crippen LogP contribution in [0.5, 0.6) is 0 Å². The van der Waals surface area contributed by atoms with Crippen molar-refractivity contribution in [2.45, 2.75) is 25.8 Å². The van der Waals surface area contributed by atoms with E-state index >= 15 is 0 Å². The van der Waals surface area contributed by atoms with E-state index in [-0.39, 0.29) is 12.1 Å². The van der Waals surface area contributed by atoms with Crippen molar-refractivity contribution in [3.8, 4) is 0 Å². The molecule has 0 spiro atoms. The third-order valence-corrected chi connectivity index (χ3v) is 1.59. The van der Waals surface area contributed by atoms with E-state index in [0.717, 1.165) is 12.3 Å². The summed E-state index contributed by atoms with van der Waals surface area (Å²) in [6.07, 6.45) is 0.815. The van der Waals surface area contributed by atoms with Crippen LogP contribution in [-0.4, -0.2) is 29.8 Å². The van der Waals surface area contributed by atoms with Crippen LogP contribution in [0.15, 0.2) is 4.99 Å². The molecule has 1 heterocycles. The Bertz CT molecular complexity index is 156. The van der Waals surface area contributed by atoms with Crippen molar-refractivity contribution < 1.29 is 9.84 Å². The minimum Gasteiger partial charge on any atom is -0.478 e. The lowest BCUT2D eigenvalue weighted by molar-refractivity contribution is 0.169. The Morgan fingerprint density at radius 2 is 2.50 bits per heavy atom. The van der Waals surface area contributed by atoms with Gasteiger partial charge in [-0.25, -0.2) is 4.99 Å². The molecule has 0 fully saturated rings. The Kier molecular flexibility index (Phi) is 1.94. The van der Waals surface area contributed by atoms with Gasteiger partial charge in [0.2, 0.25) is 0 Å². The van der Waals surface area contributed by atoms with Gasteiger partial charge in [0.25, 0.3) is 0 Å². The van der Waals surface area contributed by atoms with Crippen LogP contribution in [0.3, 0.4) is 0 Å². The van der Waals surface area contributed by atoms with E-state index in [1.54, 1.807) is 0 Å². The normalized spacial score (nSPS) is 31.7. The zero-order chi connectivity index (χ0) is 7.61. The van der Waals surface area contributed by atoms with Crippen molar-refractivity contribution in [3.63, 3.8) is 0 Å². The molecule has 1 unspecified atom stereocenters. The highest BCUT2D eigenvalue weighted by Gasteiger charge is 2.29. The first kappa shape index (κ1) is 7.54. The highest BCUT2D eigenvalue weighted by molar-refractivity contribution is 5.77. The summed E-state index contributed by atoms with van der Waals surface area (Å²) in [4.78, 5) is 4.20. The summed E-state index contributed by atoms with van der Waals surface area (Å²) in [6.45, 7) is 4.46. The van der Waals surface area contributed by atoms with Crippen LogP contribution >= 0.6 is 0 Å². The molecule has 0 radical (unpaired) electrons. The zero-order valence-electron chi connectivity index (χ0n) is 6.42. The molecule has 1 rings (SSSR count). The van der Waals surface area contributed by atoms with Crippen LogP contribution in [-0.2, 0) is 4.74 Å². The Balaban J connectivity index is 2.61. The summed E-state index contributed by atoms with van der Waals surface area (Å²) in [5.74, 6) is 0.761. The second-order valence-corrected chi connectivity index (χ2v) is 2.80. The molecular formula is C7H13NO2. The predicted octanol–water partition coefficient (Wildman–Crippen LogP) is 0.576. The summed E-state index contributed by atoms with van der Waals surface area (Å²) < 4.78 is 5.20. The summed E-state index contributed by atoms with van der Waals surface area (Å²) in [6, 6.07) is 0. The maximum Gasteiger partial charge on any atom is 0.183 e. The predicted molar refractivity (Wildman–Crippen MR) is 39.2 cm³/mol. The van der Waals surface area contributed by atoms with Crippen molar-refractivity contribution in [2.24, 2.45) is 4.99 Å². The molecule has 3 nitrogen and oxygen atoms in total. The molecule has 0 aromatic carbocycles. The van der Waals surface area contributed by atoms with E-state index in [0.29, 0.717) is 6.61 Å². The average Bonchev–Trinajstić information content (AvgIpc) is 2.33. The number of hydrogen-bond acceptors (Lipinski definition) is 3. The number of hydrogen-bond donors (Lipinski definition) is 1. The quantitative estimate of drug-likeness (QED) is 0.614. The topological polar surface area (TPSA) is 41.8 Å². The number of aliphatic imine (C=N–C) groups is 1. The van der Waals surface area contributed by atoms with Crippen molar-refractivity contribution in [1.29, 1.82) is 0 Å². The van der Waals surface area contributed by atoms with Gasteiger partial charge in [0, 0.05) is 6.42 Å². The maximum atomic E-state index is 8.85. The van der Waals surface area contributed by atoms with E-state index in [1.807, 2.05) is 13.8 Å². The lowest BCUT2D eigenvalue weighted by atomic mass is 10.1. The van der Waals surface area contributed by atoms with Crippen LogP contribution in [0.2, 0.25) is 0 Å². The van der Waals surface area contributed by atoms with Gasteiger partial charge in [-0.2, -0.15) is 0 Å². The summed E-state index contributed by atoms with van der Waals surface area (Å²) in [7, 11) is 0. The van der Waals surface area contributed by atoms with Gasteiger partial charge >= 0.3 is 0 Å². The first-order valence-corrected chi connectivity index (χ1v) is 3.52. The monoisotopic (exact) mass is 143 g/mol. The maximum absolute atomic E-state index is 8.85. The molecular weight excluding hydrogens is 130 g/mol. The molecule has 0 saturated carbocycles. The molecule has 3 heteroatoms. The summed E-state index contributed by atoms with van der Waals surface area (Å²) >= 11 is 0. The third-order valence-electron chi connectivity index (χ3n) is 1.59. The number of aliphatic hydroxyl groups excluding tert-OH is 1.